The molecule has 5 nitrogen and oxygen atoms in total. The quantitative estimate of drug-likeness (QED) is 0.728. The van der Waals surface area contributed by atoms with Gasteiger partial charge < -0.3 is 15.7 Å². The maximum atomic E-state index is 12.9. The van der Waals surface area contributed by atoms with Crippen LogP contribution in [0.25, 0.3) is 0 Å². The zero-order chi connectivity index (χ0) is 13.7. The highest BCUT2D eigenvalue weighted by Gasteiger charge is 2.14. The molecule has 3 N–H and O–H groups in total. The van der Waals surface area contributed by atoms with Gasteiger partial charge in [-0.15, -0.1) is 0 Å². The van der Waals surface area contributed by atoms with Crippen LogP contribution in [0.15, 0.2) is 22.7 Å². The number of aliphatic hydroxyl groups excluding tert-OH is 1. The molecule has 0 radical (unpaired) electrons. The van der Waals surface area contributed by atoms with E-state index >= 15 is 0 Å². The topological polar surface area (TPSA) is 78.4 Å². The average Bonchev–Trinajstić information content (AvgIpc) is 2.30. The number of carbonyl (C=O) groups is 2. The first-order valence-electron chi connectivity index (χ1n) is 5.12. The minimum absolute atomic E-state index is 0.0145. The summed E-state index contributed by atoms with van der Waals surface area (Å²) in [6, 6.07) is 3.84. The van der Waals surface area contributed by atoms with Gasteiger partial charge in [-0.1, -0.05) is 0 Å². The van der Waals surface area contributed by atoms with Crippen molar-refractivity contribution in [1.29, 1.82) is 0 Å². The van der Waals surface area contributed by atoms with Gasteiger partial charge in [0.05, 0.1) is 10.6 Å². The van der Waals surface area contributed by atoms with E-state index in [4.69, 9.17) is 5.11 Å². The van der Waals surface area contributed by atoms with Crippen molar-refractivity contribution in [1.82, 2.24) is 5.32 Å². The molecule has 0 bridgehead atoms. The van der Waals surface area contributed by atoms with Crippen molar-refractivity contribution in [2.45, 2.75) is 13.0 Å². The van der Waals surface area contributed by atoms with E-state index in [2.05, 4.69) is 26.6 Å². The highest BCUT2D eigenvalue weighted by Crippen LogP contribution is 2.19. The number of hydrogen-bond acceptors (Lipinski definition) is 3. The predicted octanol–water partition coefficient (Wildman–Crippen LogP) is 1.02. The summed E-state index contributed by atoms with van der Waals surface area (Å²) < 4.78 is 13.1. The summed E-state index contributed by atoms with van der Waals surface area (Å²) in [4.78, 5) is 22.7. The van der Waals surface area contributed by atoms with Gasteiger partial charge in [0.2, 0.25) is 0 Å². The number of carbonyl (C=O) groups excluding carboxylic acids is 2. The van der Waals surface area contributed by atoms with Crippen molar-refractivity contribution in [2.24, 2.45) is 0 Å². The molecule has 1 aromatic carbocycles. The van der Waals surface area contributed by atoms with Gasteiger partial charge in [0.15, 0.2) is 0 Å². The molecule has 2 amide bonds. The van der Waals surface area contributed by atoms with E-state index < -0.39 is 23.7 Å². The second-order valence-corrected chi connectivity index (χ2v) is 4.50. The van der Waals surface area contributed by atoms with E-state index in [-0.39, 0.29) is 11.0 Å². The average molecular weight is 319 g/mol. The molecule has 1 rings (SSSR count). The summed E-state index contributed by atoms with van der Waals surface area (Å²) in [7, 11) is 0. The standard InChI is InChI=1S/C11H12BrFN2O3/c1-6(16)5-14-10(17)11(18)15-7-2-3-9(13)8(12)4-7/h2-4,6,16H,5H2,1H3,(H,14,17)(H,15,18). The third kappa shape index (κ3) is 4.42. The normalized spacial score (nSPS) is 11.8. The number of rotatable bonds is 3. The largest absolute Gasteiger partial charge is 0.392 e. The Hall–Kier alpha value is -1.47. The van der Waals surface area contributed by atoms with Crippen LogP contribution in [0.3, 0.4) is 0 Å². The molecule has 0 fully saturated rings. The van der Waals surface area contributed by atoms with Crippen molar-refractivity contribution in [3.8, 4) is 0 Å². The summed E-state index contributed by atoms with van der Waals surface area (Å²) in [5.74, 6) is -2.21. The van der Waals surface area contributed by atoms with Crippen LogP contribution in [0.2, 0.25) is 0 Å². The fraction of sp³-hybridized carbons (Fsp3) is 0.273. The lowest BCUT2D eigenvalue weighted by atomic mass is 10.3. The van der Waals surface area contributed by atoms with Gasteiger partial charge in [0, 0.05) is 12.2 Å². The van der Waals surface area contributed by atoms with E-state index in [0.29, 0.717) is 5.69 Å². The van der Waals surface area contributed by atoms with Crippen molar-refractivity contribution in [3.63, 3.8) is 0 Å². The van der Waals surface area contributed by atoms with E-state index in [1.807, 2.05) is 0 Å². The molecular weight excluding hydrogens is 307 g/mol. The Morgan fingerprint density at radius 3 is 2.67 bits per heavy atom. The van der Waals surface area contributed by atoms with Crippen molar-refractivity contribution < 1.29 is 19.1 Å². The molecule has 98 valence electrons. The van der Waals surface area contributed by atoms with Gasteiger partial charge in [0.25, 0.3) is 0 Å². The van der Waals surface area contributed by atoms with E-state index in [0.717, 1.165) is 6.07 Å². The Morgan fingerprint density at radius 1 is 1.44 bits per heavy atom. The summed E-state index contributed by atoms with van der Waals surface area (Å²) in [6.45, 7) is 1.47. The van der Waals surface area contributed by atoms with Crippen LogP contribution in [0.5, 0.6) is 0 Å². The SMILES string of the molecule is CC(O)CNC(=O)C(=O)Nc1ccc(F)c(Br)c1. The van der Waals surface area contributed by atoms with Gasteiger partial charge >= 0.3 is 11.8 Å². The molecule has 0 aromatic heterocycles. The number of amides is 2. The third-order valence-corrected chi connectivity index (χ3v) is 2.55. The first kappa shape index (κ1) is 14.6. The second kappa shape index (κ2) is 6.46. The van der Waals surface area contributed by atoms with Gasteiger partial charge in [-0.3, -0.25) is 9.59 Å². The zero-order valence-corrected chi connectivity index (χ0v) is 11.1. The molecule has 1 atom stereocenters. The molecule has 1 unspecified atom stereocenters. The lowest BCUT2D eigenvalue weighted by Gasteiger charge is -2.08. The van der Waals surface area contributed by atoms with Crippen LogP contribution in [0, 0.1) is 5.82 Å². The van der Waals surface area contributed by atoms with Gasteiger partial charge in [-0.2, -0.15) is 0 Å². The van der Waals surface area contributed by atoms with E-state index in [1.54, 1.807) is 0 Å². The molecule has 1 aromatic rings. The van der Waals surface area contributed by atoms with E-state index in [9.17, 15) is 14.0 Å². The lowest BCUT2D eigenvalue weighted by molar-refractivity contribution is -0.136. The highest BCUT2D eigenvalue weighted by molar-refractivity contribution is 9.10. The van der Waals surface area contributed by atoms with Crippen LogP contribution >= 0.6 is 15.9 Å². The molecular formula is C11H12BrFN2O3. The summed E-state index contributed by atoms with van der Waals surface area (Å²) in [5, 5.41) is 13.5. The number of aliphatic hydroxyl groups is 1. The number of halogens is 2. The van der Waals surface area contributed by atoms with Crippen LogP contribution < -0.4 is 10.6 Å². The fourth-order valence-electron chi connectivity index (χ4n) is 1.08. The molecule has 0 aliphatic rings. The number of benzene rings is 1. The van der Waals surface area contributed by atoms with Crippen molar-refractivity contribution in [3.05, 3.63) is 28.5 Å². The maximum absolute atomic E-state index is 12.9. The van der Waals surface area contributed by atoms with Crippen molar-refractivity contribution >= 4 is 33.4 Å². The van der Waals surface area contributed by atoms with Gasteiger partial charge in [-0.25, -0.2) is 4.39 Å². The van der Waals surface area contributed by atoms with Crippen LogP contribution in [-0.4, -0.2) is 29.6 Å². The van der Waals surface area contributed by atoms with Gasteiger partial charge in [-0.05, 0) is 41.1 Å². The fourth-order valence-corrected chi connectivity index (χ4v) is 1.46. The first-order valence-corrected chi connectivity index (χ1v) is 5.91. The molecule has 0 saturated carbocycles. The Balaban J connectivity index is 2.58. The summed E-state index contributed by atoms with van der Waals surface area (Å²) >= 11 is 2.96. The predicted molar refractivity (Wildman–Crippen MR) is 67.4 cm³/mol. The van der Waals surface area contributed by atoms with Gasteiger partial charge in [0.1, 0.15) is 5.82 Å². The van der Waals surface area contributed by atoms with Crippen molar-refractivity contribution in [2.75, 3.05) is 11.9 Å². The van der Waals surface area contributed by atoms with Crippen LogP contribution in [0.4, 0.5) is 10.1 Å². The number of anilines is 1. The molecule has 0 aliphatic carbocycles. The zero-order valence-electron chi connectivity index (χ0n) is 9.54. The molecule has 0 spiro atoms. The van der Waals surface area contributed by atoms with Crippen LogP contribution in [0.1, 0.15) is 6.92 Å². The minimum Gasteiger partial charge on any atom is -0.392 e. The molecule has 0 saturated heterocycles. The maximum Gasteiger partial charge on any atom is 0.313 e. The summed E-state index contributed by atoms with van der Waals surface area (Å²) in [5.41, 5.74) is 0.292. The molecule has 18 heavy (non-hydrogen) atoms. The Kier molecular flexibility index (Phi) is 5.24. The Morgan fingerprint density at radius 2 is 2.11 bits per heavy atom. The summed E-state index contributed by atoms with van der Waals surface area (Å²) in [6.07, 6.45) is -0.735. The molecule has 7 heteroatoms. The first-order chi connectivity index (χ1) is 8.40. The second-order valence-electron chi connectivity index (χ2n) is 3.64. The molecule has 0 aliphatic heterocycles. The third-order valence-electron chi connectivity index (χ3n) is 1.94. The number of nitrogens with one attached hydrogen (secondary N) is 2. The Bertz CT molecular complexity index is 466. The minimum atomic E-state index is -0.880. The van der Waals surface area contributed by atoms with E-state index in [1.165, 1.54) is 19.1 Å². The monoisotopic (exact) mass is 318 g/mol. The van der Waals surface area contributed by atoms with Crippen LogP contribution in [-0.2, 0) is 9.59 Å². The lowest BCUT2D eigenvalue weighted by Crippen LogP contribution is -2.38. The smallest absolute Gasteiger partial charge is 0.313 e. The highest BCUT2D eigenvalue weighted by atomic mass is 79.9. The number of hydrogen-bond donors (Lipinski definition) is 3. The molecule has 0 heterocycles. The Labute approximate surface area is 112 Å².